The van der Waals surface area contributed by atoms with Crippen molar-refractivity contribution in [3.8, 4) is 17.2 Å². The Morgan fingerprint density at radius 1 is 1.12 bits per heavy atom. The van der Waals surface area contributed by atoms with Crippen LogP contribution in [-0.2, 0) is 25.0 Å². The van der Waals surface area contributed by atoms with Gasteiger partial charge in [0.25, 0.3) is 0 Å². The van der Waals surface area contributed by atoms with E-state index in [1.54, 1.807) is 38.1 Å². The number of nitrogens with one attached hydrogen (secondary N) is 1. The van der Waals surface area contributed by atoms with Crippen LogP contribution < -0.4 is 19.0 Å². The van der Waals surface area contributed by atoms with Gasteiger partial charge in [-0.2, -0.15) is 0 Å². The van der Waals surface area contributed by atoms with Crippen LogP contribution in [0.5, 0.6) is 17.2 Å². The fourth-order valence-electron chi connectivity index (χ4n) is 2.93. The number of anilines is 1. The molecule has 2 aromatic rings. The van der Waals surface area contributed by atoms with Crippen molar-refractivity contribution in [1.29, 1.82) is 0 Å². The Bertz CT molecular complexity index is 1100. The zero-order valence-electron chi connectivity index (χ0n) is 17.9. The van der Waals surface area contributed by atoms with Crippen LogP contribution in [0, 0.1) is 0 Å². The molecular weight excluding hydrogens is 440 g/mol. The smallest absolute Gasteiger partial charge is 0.497 e. The monoisotopic (exact) mass is 464 g/mol. The van der Waals surface area contributed by atoms with Gasteiger partial charge in [0.05, 0.1) is 19.4 Å². The topological polar surface area (TPSA) is 122 Å². The third-order valence-electron chi connectivity index (χ3n) is 4.42. The number of carbonyl (C=O) groups is 1. The largest absolute Gasteiger partial charge is 0.521 e. The molecule has 1 heterocycles. The van der Waals surface area contributed by atoms with E-state index in [1.807, 2.05) is 6.07 Å². The van der Waals surface area contributed by atoms with Gasteiger partial charge in [-0.25, -0.2) is 9.08 Å². The van der Waals surface area contributed by atoms with Crippen molar-refractivity contribution in [3.63, 3.8) is 0 Å². The number of hydrogen-bond acceptors (Lipinski definition) is 9. The average molecular weight is 464 g/mol. The van der Waals surface area contributed by atoms with Gasteiger partial charge in [-0.3, -0.25) is 5.32 Å². The van der Waals surface area contributed by atoms with E-state index in [-0.39, 0.29) is 5.75 Å². The molecule has 11 heteroatoms. The maximum Gasteiger partial charge on any atom is 0.521 e. The molecule has 0 unspecified atom stereocenters. The predicted molar refractivity (Wildman–Crippen MR) is 116 cm³/mol. The molecule has 172 valence electrons. The van der Waals surface area contributed by atoms with Gasteiger partial charge < -0.3 is 18.4 Å². The first-order chi connectivity index (χ1) is 15.2. The van der Waals surface area contributed by atoms with Crippen LogP contribution >= 0.6 is 0 Å². The summed E-state index contributed by atoms with van der Waals surface area (Å²) in [6, 6.07) is 11.4. The van der Waals surface area contributed by atoms with Crippen LogP contribution in [0.2, 0.25) is 0 Å². The van der Waals surface area contributed by atoms with E-state index in [2.05, 4.69) is 14.8 Å². The van der Waals surface area contributed by atoms with Gasteiger partial charge in [-0.15, -0.1) is 8.42 Å². The van der Waals surface area contributed by atoms with Crippen LogP contribution in [0.4, 0.5) is 10.5 Å². The van der Waals surface area contributed by atoms with E-state index in [1.165, 1.54) is 25.5 Å². The zero-order chi connectivity index (χ0) is 23.2. The second kappa shape index (κ2) is 9.77. The summed E-state index contributed by atoms with van der Waals surface area (Å²) in [4.78, 5) is 11.6. The number of nitrogens with zero attached hydrogens (tertiary/aromatic N) is 1. The molecule has 2 aromatic carbocycles. The van der Waals surface area contributed by atoms with Crippen molar-refractivity contribution in [3.05, 3.63) is 48.0 Å². The normalized spacial score (nSPS) is 14.8. The Morgan fingerprint density at radius 3 is 2.69 bits per heavy atom. The second-order valence-corrected chi connectivity index (χ2v) is 8.39. The molecule has 1 aliphatic heterocycles. The van der Waals surface area contributed by atoms with Gasteiger partial charge >= 0.3 is 16.5 Å². The molecule has 0 saturated carbocycles. The number of carbonyl (C=O) groups excluding carboxylic acids is 1. The fraction of sp³-hybridized carbons (Fsp3) is 0.333. The first kappa shape index (κ1) is 23.2. The first-order valence-corrected chi connectivity index (χ1v) is 11.1. The van der Waals surface area contributed by atoms with E-state index < -0.39 is 22.1 Å². The molecule has 0 saturated heterocycles. The van der Waals surface area contributed by atoms with Crippen LogP contribution in [0.15, 0.2) is 47.6 Å². The highest BCUT2D eigenvalue weighted by Gasteiger charge is 2.33. The summed E-state index contributed by atoms with van der Waals surface area (Å²) in [6.45, 7) is 3.97. The average Bonchev–Trinajstić information content (AvgIpc) is 2.72. The minimum absolute atomic E-state index is 0.0474. The molecule has 0 aliphatic carbocycles. The third kappa shape index (κ3) is 6.27. The van der Waals surface area contributed by atoms with Gasteiger partial charge in [0.1, 0.15) is 22.8 Å². The number of methoxy groups -OCH3 is 1. The molecular formula is C21H24N2O8S. The van der Waals surface area contributed by atoms with Crippen molar-refractivity contribution in [2.75, 3.05) is 19.0 Å². The van der Waals surface area contributed by atoms with E-state index in [4.69, 9.17) is 18.4 Å². The van der Waals surface area contributed by atoms with Crippen molar-refractivity contribution < 1.29 is 35.9 Å². The highest BCUT2D eigenvalue weighted by atomic mass is 32.3. The summed E-state index contributed by atoms with van der Waals surface area (Å²) < 4.78 is 48.9. The van der Waals surface area contributed by atoms with Gasteiger partial charge in [-0.1, -0.05) is 11.2 Å². The molecule has 3 rings (SSSR count). The summed E-state index contributed by atoms with van der Waals surface area (Å²) in [5.74, 6) is 1.12. The standard InChI is InChI=1S/C21H24N2O8S/c1-21(2)18-14-16(9-10-19(18)23-20(24)29-21)28-12-5-4-11-22-31-32(25,26)30-17-8-6-7-15(13-17)27-3/h6-11,13-14H,4-5,12H2,1-3H3,(H,23,24). The van der Waals surface area contributed by atoms with E-state index >= 15 is 0 Å². The van der Waals surface area contributed by atoms with E-state index in [0.717, 1.165) is 5.56 Å². The number of benzene rings is 2. The predicted octanol–water partition coefficient (Wildman–Crippen LogP) is 3.98. The van der Waals surface area contributed by atoms with Crippen LogP contribution in [0.25, 0.3) is 0 Å². The van der Waals surface area contributed by atoms with Gasteiger partial charge in [0.15, 0.2) is 0 Å². The number of hydrogen-bond donors (Lipinski definition) is 1. The Morgan fingerprint density at radius 2 is 1.91 bits per heavy atom. The molecule has 0 spiro atoms. The lowest BCUT2D eigenvalue weighted by molar-refractivity contribution is 0.0418. The molecule has 1 amide bonds. The van der Waals surface area contributed by atoms with Crippen molar-refractivity contribution in [2.24, 2.45) is 5.16 Å². The number of cyclic esters (lactones) is 1. The third-order valence-corrected chi connectivity index (χ3v) is 5.08. The lowest BCUT2D eigenvalue weighted by Gasteiger charge is -2.32. The van der Waals surface area contributed by atoms with Crippen molar-refractivity contribution in [2.45, 2.75) is 32.3 Å². The maximum absolute atomic E-state index is 11.8. The number of rotatable bonds is 10. The molecule has 32 heavy (non-hydrogen) atoms. The maximum atomic E-state index is 11.8. The molecule has 0 atom stereocenters. The summed E-state index contributed by atoms with van der Waals surface area (Å²) in [5, 5.41) is 6.08. The van der Waals surface area contributed by atoms with E-state index in [0.29, 0.717) is 36.6 Å². The number of oxime groups is 1. The highest BCUT2D eigenvalue weighted by Crippen LogP contribution is 2.37. The first-order valence-electron chi connectivity index (χ1n) is 9.75. The Balaban J connectivity index is 1.42. The number of amides is 1. The Hall–Kier alpha value is -3.47. The highest BCUT2D eigenvalue weighted by molar-refractivity contribution is 7.82. The lowest BCUT2D eigenvalue weighted by Crippen LogP contribution is -2.34. The summed E-state index contributed by atoms with van der Waals surface area (Å²) >= 11 is 0. The van der Waals surface area contributed by atoms with Crippen LogP contribution in [0.1, 0.15) is 32.3 Å². The van der Waals surface area contributed by atoms with Gasteiger partial charge in [-0.05, 0) is 57.0 Å². The summed E-state index contributed by atoms with van der Waals surface area (Å²) in [6.07, 6.45) is 1.81. The summed E-state index contributed by atoms with van der Waals surface area (Å²) in [5.41, 5.74) is 0.727. The SMILES string of the molecule is COc1cccc(OS(=O)(=O)ON=CCCCOc2ccc3c(c2)C(C)(C)OC(=O)N3)c1. The molecule has 1 aliphatic rings. The zero-order valence-corrected chi connectivity index (χ0v) is 18.7. The number of ether oxygens (including phenoxy) is 3. The summed E-state index contributed by atoms with van der Waals surface area (Å²) in [7, 11) is -2.89. The molecule has 0 radical (unpaired) electrons. The second-order valence-electron chi connectivity index (χ2n) is 7.26. The van der Waals surface area contributed by atoms with Gasteiger partial charge in [0.2, 0.25) is 0 Å². The minimum Gasteiger partial charge on any atom is -0.497 e. The van der Waals surface area contributed by atoms with Crippen LogP contribution in [-0.4, -0.2) is 34.4 Å². The molecule has 1 N–H and O–H groups in total. The van der Waals surface area contributed by atoms with Crippen molar-refractivity contribution in [1.82, 2.24) is 0 Å². The number of unbranched alkanes of at least 4 members (excludes halogenated alkanes) is 1. The molecule has 0 fully saturated rings. The molecule has 0 aromatic heterocycles. The van der Waals surface area contributed by atoms with Gasteiger partial charge in [0, 0.05) is 17.8 Å². The quantitative estimate of drug-likeness (QED) is 0.318. The van der Waals surface area contributed by atoms with Crippen molar-refractivity contribution >= 4 is 28.4 Å². The fourth-order valence-corrected chi connectivity index (χ4v) is 3.47. The Labute approximate surface area is 186 Å². The van der Waals surface area contributed by atoms with Crippen LogP contribution in [0.3, 0.4) is 0 Å². The minimum atomic E-state index is -4.35. The van der Waals surface area contributed by atoms with E-state index in [9.17, 15) is 13.2 Å². The Kier molecular flexibility index (Phi) is 7.08. The number of fused-ring (bicyclic) bond motifs is 1. The molecule has 0 bridgehead atoms. The lowest BCUT2D eigenvalue weighted by atomic mass is 9.94. The molecule has 10 nitrogen and oxygen atoms in total.